The van der Waals surface area contributed by atoms with E-state index < -0.39 is 0 Å². The third-order valence-corrected chi connectivity index (χ3v) is 2.52. The molecule has 0 fully saturated rings. The van der Waals surface area contributed by atoms with Gasteiger partial charge in [0.25, 0.3) is 0 Å². The predicted octanol–water partition coefficient (Wildman–Crippen LogP) is 1.82. The summed E-state index contributed by atoms with van der Waals surface area (Å²) in [6, 6.07) is 1.96. The van der Waals surface area contributed by atoms with Gasteiger partial charge in [-0.3, -0.25) is 4.79 Å². The van der Waals surface area contributed by atoms with Crippen LogP contribution in [0.5, 0.6) is 0 Å². The summed E-state index contributed by atoms with van der Waals surface area (Å²) >= 11 is 0. The number of aryl methyl sites for hydroxylation is 1. The smallest absolute Gasteiger partial charge is 0.163 e. The Labute approximate surface area is 87.9 Å². The number of nitrogens with one attached hydrogen (secondary N) is 1. The molecule has 2 rings (SSSR count). The number of nitrogens with zero attached hydrogens (tertiary/aromatic N) is 2. The van der Waals surface area contributed by atoms with E-state index in [-0.39, 0.29) is 5.78 Å². The lowest BCUT2D eigenvalue weighted by Crippen LogP contribution is -2.02. The minimum Gasteiger partial charge on any atom is -0.387 e. The quantitative estimate of drug-likeness (QED) is 0.757. The number of fused-ring (bicyclic) bond motifs is 1. The van der Waals surface area contributed by atoms with Gasteiger partial charge in [0.1, 0.15) is 5.65 Å². The summed E-state index contributed by atoms with van der Waals surface area (Å²) in [6.07, 6.45) is 3.55. The molecule has 0 spiro atoms. The lowest BCUT2D eigenvalue weighted by Gasteiger charge is -2.07. The molecular formula is C11H13N3O. The number of carbonyl (C=O) groups excluding carboxylic acids is 1. The average Bonchev–Trinajstić information content (AvgIpc) is 2.59. The molecule has 0 aliphatic heterocycles. The molecule has 2 heterocycles. The Morgan fingerprint density at radius 1 is 1.53 bits per heavy atom. The first kappa shape index (κ1) is 9.71. The second kappa shape index (κ2) is 3.38. The summed E-state index contributed by atoms with van der Waals surface area (Å²) < 4.78 is 1.93. The summed E-state index contributed by atoms with van der Waals surface area (Å²) in [6.45, 7) is 1.55. The Morgan fingerprint density at radius 2 is 2.27 bits per heavy atom. The Bertz CT molecular complexity index is 528. The molecule has 4 nitrogen and oxygen atoms in total. The van der Waals surface area contributed by atoms with Crippen LogP contribution in [0.2, 0.25) is 0 Å². The van der Waals surface area contributed by atoms with E-state index in [1.165, 1.54) is 0 Å². The van der Waals surface area contributed by atoms with Gasteiger partial charge in [-0.25, -0.2) is 4.98 Å². The fourth-order valence-electron chi connectivity index (χ4n) is 1.75. The highest BCUT2D eigenvalue weighted by molar-refractivity contribution is 6.06. The van der Waals surface area contributed by atoms with Crippen molar-refractivity contribution in [2.24, 2.45) is 7.05 Å². The van der Waals surface area contributed by atoms with E-state index in [4.69, 9.17) is 0 Å². The monoisotopic (exact) mass is 203 g/mol. The standard InChI is InChI=1S/C11H13N3O/c1-7(15)9-6-13-11-8(10(9)12-2)4-5-14(11)3/h4-6H,1-3H3,(H,12,13). The molecule has 0 saturated carbocycles. The number of pyridine rings is 1. The van der Waals surface area contributed by atoms with Crippen molar-refractivity contribution in [3.05, 3.63) is 24.0 Å². The number of hydrogen-bond acceptors (Lipinski definition) is 3. The lowest BCUT2D eigenvalue weighted by atomic mass is 10.1. The van der Waals surface area contributed by atoms with Crippen molar-refractivity contribution in [3.8, 4) is 0 Å². The molecule has 0 bridgehead atoms. The molecule has 0 aliphatic rings. The number of Topliss-reactive ketones (excluding diaryl/α,β-unsaturated/α-hetero) is 1. The van der Waals surface area contributed by atoms with Crippen LogP contribution in [0.1, 0.15) is 17.3 Å². The summed E-state index contributed by atoms with van der Waals surface area (Å²) in [5.74, 6) is 0.0256. The van der Waals surface area contributed by atoms with Gasteiger partial charge in [0.15, 0.2) is 5.78 Å². The summed E-state index contributed by atoms with van der Waals surface area (Å²) in [4.78, 5) is 15.7. The molecule has 4 heteroatoms. The number of anilines is 1. The SMILES string of the molecule is CNc1c(C(C)=O)cnc2c1ccn2C. The van der Waals surface area contributed by atoms with Crippen molar-refractivity contribution in [2.45, 2.75) is 6.92 Å². The minimum absolute atomic E-state index is 0.0256. The Kier molecular flexibility index (Phi) is 2.19. The van der Waals surface area contributed by atoms with Crippen molar-refractivity contribution in [3.63, 3.8) is 0 Å². The predicted molar refractivity (Wildman–Crippen MR) is 60.3 cm³/mol. The second-order valence-corrected chi connectivity index (χ2v) is 3.52. The molecule has 0 radical (unpaired) electrons. The first-order chi connectivity index (χ1) is 7.15. The summed E-state index contributed by atoms with van der Waals surface area (Å²) in [7, 11) is 3.75. The average molecular weight is 203 g/mol. The second-order valence-electron chi connectivity index (χ2n) is 3.52. The maximum Gasteiger partial charge on any atom is 0.163 e. The van der Waals surface area contributed by atoms with Crippen LogP contribution in [0.15, 0.2) is 18.5 Å². The van der Waals surface area contributed by atoms with E-state index in [0.29, 0.717) is 5.56 Å². The Hall–Kier alpha value is -1.84. The van der Waals surface area contributed by atoms with Crippen LogP contribution in [0.4, 0.5) is 5.69 Å². The number of carbonyl (C=O) groups is 1. The van der Waals surface area contributed by atoms with Crippen LogP contribution in [0.25, 0.3) is 11.0 Å². The normalized spacial score (nSPS) is 10.6. The van der Waals surface area contributed by atoms with Crippen LogP contribution in [0.3, 0.4) is 0 Å². The van der Waals surface area contributed by atoms with Gasteiger partial charge in [0.2, 0.25) is 0 Å². The topological polar surface area (TPSA) is 46.9 Å². The zero-order valence-corrected chi connectivity index (χ0v) is 9.03. The number of aromatic nitrogens is 2. The van der Waals surface area contributed by atoms with Gasteiger partial charge in [-0.1, -0.05) is 0 Å². The van der Waals surface area contributed by atoms with Crippen LogP contribution >= 0.6 is 0 Å². The third kappa shape index (κ3) is 1.38. The third-order valence-electron chi connectivity index (χ3n) is 2.52. The Morgan fingerprint density at radius 3 is 2.87 bits per heavy atom. The maximum atomic E-state index is 11.4. The van der Waals surface area contributed by atoms with E-state index in [1.807, 2.05) is 30.9 Å². The Balaban J connectivity index is 2.82. The molecule has 2 aromatic heterocycles. The van der Waals surface area contributed by atoms with Gasteiger partial charge in [-0.15, -0.1) is 0 Å². The molecule has 0 unspecified atom stereocenters. The van der Waals surface area contributed by atoms with Gasteiger partial charge in [0, 0.05) is 31.9 Å². The van der Waals surface area contributed by atoms with E-state index in [9.17, 15) is 4.79 Å². The van der Waals surface area contributed by atoms with Crippen LogP contribution in [-0.2, 0) is 7.05 Å². The highest BCUT2D eigenvalue weighted by Gasteiger charge is 2.12. The van der Waals surface area contributed by atoms with Crippen LogP contribution in [-0.4, -0.2) is 22.4 Å². The molecule has 0 aromatic carbocycles. The molecule has 78 valence electrons. The van der Waals surface area contributed by atoms with Crippen molar-refractivity contribution in [1.82, 2.24) is 9.55 Å². The lowest BCUT2D eigenvalue weighted by molar-refractivity contribution is 0.101. The summed E-state index contributed by atoms with van der Waals surface area (Å²) in [5.41, 5.74) is 2.37. The van der Waals surface area contributed by atoms with Crippen molar-refractivity contribution >= 4 is 22.5 Å². The van der Waals surface area contributed by atoms with Crippen LogP contribution < -0.4 is 5.32 Å². The first-order valence-corrected chi connectivity index (χ1v) is 4.78. The van der Waals surface area contributed by atoms with Crippen LogP contribution in [0, 0.1) is 0 Å². The highest BCUT2D eigenvalue weighted by Crippen LogP contribution is 2.26. The van der Waals surface area contributed by atoms with E-state index in [1.54, 1.807) is 13.1 Å². The van der Waals surface area contributed by atoms with Gasteiger partial charge in [-0.05, 0) is 13.0 Å². The molecule has 0 atom stereocenters. The summed E-state index contributed by atoms with van der Waals surface area (Å²) in [5, 5.41) is 4.04. The molecule has 0 amide bonds. The van der Waals surface area contributed by atoms with Gasteiger partial charge in [0.05, 0.1) is 11.3 Å². The van der Waals surface area contributed by atoms with Crippen molar-refractivity contribution in [2.75, 3.05) is 12.4 Å². The number of hydrogen-bond donors (Lipinski definition) is 1. The first-order valence-electron chi connectivity index (χ1n) is 4.78. The van der Waals surface area contributed by atoms with Gasteiger partial charge in [-0.2, -0.15) is 0 Å². The maximum absolute atomic E-state index is 11.4. The van der Waals surface area contributed by atoms with Crippen molar-refractivity contribution in [1.29, 1.82) is 0 Å². The molecule has 15 heavy (non-hydrogen) atoms. The number of rotatable bonds is 2. The zero-order chi connectivity index (χ0) is 11.0. The fraction of sp³-hybridized carbons (Fsp3) is 0.273. The van der Waals surface area contributed by atoms with Crippen molar-refractivity contribution < 1.29 is 4.79 Å². The molecule has 1 N–H and O–H groups in total. The molecule has 0 saturated heterocycles. The molecular weight excluding hydrogens is 190 g/mol. The fourth-order valence-corrected chi connectivity index (χ4v) is 1.75. The highest BCUT2D eigenvalue weighted by atomic mass is 16.1. The van der Waals surface area contributed by atoms with Gasteiger partial charge >= 0.3 is 0 Å². The minimum atomic E-state index is 0.0256. The number of ketones is 1. The van der Waals surface area contributed by atoms with E-state index >= 15 is 0 Å². The molecule has 0 aliphatic carbocycles. The van der Waals surface area contributed by atoms with E-state index in [2.05, 4.69) is 10.3 Å². The zero-order valence-electron chi connectivity index (χ0n) is 9.03. The largest absolute Gasteiger partial charge is 0.387 e. The van der Waals surface area contributed by atoms with E-state index in [0.717, 1.165) is 16.7 Å². The van der Waals surface area contributed by atoms with Gasteiger partial charge < -0.3 is 9.88 Å². The molecule has 2 aromatic rings.